The summed E-state index contributed by atoms with van der Waals surface area (Å²) in [7, 11) is 1.63. The molecule has 1 aromatic carbocycles. The van der Waals surface area contributed by atoms with Gasteiger partial charge in [-0.25, -0.2) is 0 Å². The molecule has 1 aromatic rings. The fourth-order valence-electron chi connectivity index (χ4n) is 1.53. The minimum atomic E-state index is -0.975. The van der Waals surface area contributed by atoms with Crippen LogP contribution < -0.4 is 14.8 Å². The zero-order valence-electron chi connectivity index (χ0n) is 11.6. The third-order valence-corrected chi connectivity index (χ3v) is 3.01. The SMILES string of the molecule is CCOc1cccc(OCCC(C)(NC)C(=O)O)c1. The van der Waals surface area contributed by atoms with E-state index in [1.54, 1.807) is 20.0 Å². The second kappa shape index (κ2) is 6.99. The lowest BCUT2D eigenvalue weighted by atomic mass is 9.99. The Bertz CT molecular complexity index is 422. The molecule has 0 amide bonds. The molecule has 0 radical (unpaired) electrons. The molecule has 106 valence electrons. The molecular weight excluding hydrogens is 246 g/mol. The van der Waals surface area contributed by atoms with Gasteiger partial charge in [-0.05, 0) is 33.0 Å². The van der Waals surface area contributed by atoms with Crippen LogP contribution in [0.1, 0.15) is 20.3 Å². The Morgan fingerprint density at radius 1 is 1.37 bits per heavy atom. The number of hydrogen-bond acceptors (Lipinski definition) is 4. The summed E-state index contributed by atoms with van der Waals surface area (Å²) in [6.45, 7) is 4.47. The van der Waals surface area contributed by atoms with E-state index in [1.165, 1.54) is 0 Å². The molecule has 0 aliphatic rings. The van der Waals surface area contributed by atoms with Crippen LogP contribution in [0.15, 0.2) is 24.3 Å². The van der Waals surface area contributed by atoms with E-state index in [9.17, 15) is 4.79 Å². The number of nitrogens with one attached hydrogen (secondary N) is 1. The third kappa shape index (κ3) is 4.44. The van der Waals surface area contributed by atoms with Gasteiger partial charge in [0.1, 0.15) is 17.0 Å². The zero-order chi connectivity index (χ0) is 14.3. The summed E-state index contributed by atoms with van der Waals surface area (Å²) in [6, 6.07) is 7.31. The Balaban J connectivity index is 2.53. The number of hydrogen-bond donors (Lipinski definition) is 2. The minimum Gasteiger partial charge on any atom is -0.494 e. The van der Waals surface area contributed by atoms with E-state index in [0.29, 0.717) is 25.4 Å². The highest BCUT2D eigenvalue weighted by atomic mass is 16.5. The summed E-state index contributed by atoms with van der Waals surface area (Å²) in [5.74, 6) is 0.533. The summed E-state index contributed by atoms with van der Waals surface area (Å²) in [5, 5.41) is 11.9. The standard InChI is InChI=1S/C14H21NO4/c1-4-18-11-6-5-7-12(10-11)19-9-8-14(2,15-3)13(16)17/h5-7,10,15H,4,8-9H2,1-3H3,(H,16,17). The number of likely N-dealkylation sites (N-methyl/N-ethyl adjacent to an activating group) is 1. The first-order valence-corrected chi connectivity index (χ1v) is 6.30. The molecule has 0 saturated heterocycles. The molecule has 5 heteroatoms. The van der Waals surface area contributed by atoms with Gasteiger partial charge < -0.3 is 19.9 Å². The molecule has 0 aliphatic heterocycles. The second-order valence-electron chi connectivity index (χ2n) is 4.39. The van der Waals surface area contributed by atoms with E-state index in [4.69, 9.17) is 14.6 Å². The Hall–Kier alpha value is -1.75. The molecule has 0 spiro atoms. The first kappa shape index (κ1) is 15.3. The molecule has 0 saturated carbocycles. The smallest absolute Gasteiger partial charge is 0.323 e. The maximum atomic E-state index is 11.1. The highest BCUT2D eigenvalue weighted by molar-refractivity contribution is 5.78. The van der Waals surface area contributed by atoms with Crippen LogP contribution in [0.4, 0.5) is 0 Å². The molecular formula is C14H21NO4. The molecule has 5 nitrogen and oxygen atoms in total. The van der Waals surface area contributed by atoms with E-state index in [2.05, 4.69) is 5.32 Å². The Morgan fingerprint density at radius 3 is 2.53 bits per heavy atom. The molecule has 1 rings (SSSR count). The van der Waals surface area contributed by atoms with Crippen LogP contribution in [0.3, 0.4) is 0 Å². The van der Waals surface area contributed by atoms with Crippen molar-refractivity contribution >= 4 is 5.97 Å². The van der Waals surface area contributed by atoms with Gasteiger partial charge in [0.05, 0.1) is 13.2 Å². The molecule has 0 heterocycles. The molecule has 1 atom stereocenters. The Labute approximate surface area is 113 Å². The average molecular weight is 267 g/mol. The van der Waals surface area contributed by atoms with Gasteiger partial charge in [0.25, 0.3) is 0 Å². The number of carbonyl (C=O) groups is 1. The van der Waals surface area contributed by atoms with Crippen molar-refractivity contribution in [3.8, 4) is 11.5 Å². The van der Waals surface area contributed by atoms with Gasteiger partial charge in [-0.15, -0.1) is 0 Å². The highest BCUT2D eigenvalue weighted by Gasteiger charge is 2.30. The predicted molar refractivity (Wildman–Crippen MR) is 72.8 cm³/mol. The van der Waals surface area contributed by atoms with Gasteiger partial charge >= 0.3 is 5.97 Å². The van der Waals surface area contributed by atoms with Crippen LogP contribution in [0.25, 0.3) is 0 Å². The maximum Gasteiger partial charge on any atom is 0.323 e. The van der Waals surface area contributed by atoms with Gasteiger partial charge in [-0.2, -0.15) is 0 Å². The highest BCUT2D eigenvalue weighted by Crippen LogP contribution is 2.20. The molecule has 0 aromatic heterocycles. The molecule has 2 N–H and O–H groups in total. The third-order valence-electron chi connectivity index (χ3n) is 3.01. The van der Waals surface area contributed by atoms with Crippen molar-refractivity contribution in [2.75, 3.05) is 20.3 Å². The van der Waals surface area contributed by atoms with Crippen LogP contribution in [-0.4, -0.2) is 36.9 Å². The van der Waals surface area contributed by atoms with Gasteiger partial charge in [-0.1, -0.05) is 6.07 Å². The van der Waals surface area contributed by atoms with Gasteiger partial charge in [0, 0.05) is 12.5 Å². The molecule has 0 aliphatic carbocycles. The van der Waals surface area contributed by atoms with Crippen LogP contribution in [-0.2, 0) is 4.79 Å². The topological polar surface area (TPSA) is 67.8 Å². The van der Waals surface area contributed by atoms with Crippen LogP contribution >= 0.6 is 0 Å². The van der Waals surface area contributed by atoms with Gasteiger partial charge in [0.2, 0.25) is 0 Å². The van der Waals surface area contributed by atoms with Crippen LogP contribution in [0.2, 0.25) is 0 Å². The maximum absolute atomic E-state index is 11.1. The van der Waals surface area contributed by atoms with Gasteiger partial charge in [-0.3, -0.25) is 4.79 Å². The van der Waals surface area contributed by atoms with Crippen molar-refractivity contribution in [2.45, 2.75) is 25.8 Å². The number of aliphatic carboxylic acids is 1. The lowest BCUT2D eigenvalue weighted by Gasteiger charge is -2.23. The number of ether oxygens (including phenoxy) is 2. The van der Waals surface area contributed by atoms with Crippen molar-refractivity contribution in [1.29, 1.82) is 0 Å². The summed E-state index contributed by atoms with van der Waals surface area (Å²) in [5.41, 5.74) is -0.975. The first-order chi connectivity index (χ1) is 9.01. The minimum absolute atomic E-state index is 0.319. The zero-order valence-corrected chi connectivity index (χ0v) is 11.6. The normalized spacial score (nSPS) is 13.6. The van der Waals surface area contributed by atoms with Crippen molar-refractivity contribution in [2.24, 2.45) is 0 Å². The monoisotopic (exact) mass is 267 g/mol. The summed E-state index contributed by atoms with van der Waals surface area (Å²) < 4.78 is 10.9. The van der Waals surface area contributed by atoms with E-state index < -0.39 is 11.5 Å². The lowest BCUT2D eigenvalue weighted by Crippen LogP contribution is -2.48. The van der Waals surface area contributed by atoms with E-state index in [1.807, 2.05) is 25.1 Å². The number of benzene rings is 1. The fourth-order valence-corrected chi connectivity index (χ4v) is 1.53. The largest absolute Gasteiger partial charge is 0.494 e. The predicted octanol–water partition coefficient (Wildman–Crippen LogP) is 1.92. The number of rotatable bonds is 8. The first-order valence-electron chi connectivity index (χ1n) is 6.30. The van der Waals surface area contributed by atoms with Gasteiger partial charge in [0.15, 0.2) is 0 Å². The summed E-state index contributed by atoms with van der Waals surface area (Å²) in [6.07, 6.45) is 0.373. The average Bonchev–Trinajstić information content (AvgIpc) is 2.39. The number of carboxylic acid groups (broad SMARTS) is 1. The van der Waals surface area contributed by atoms with Crippen LogP contribution in [0, 0.1) is 0 Å². The molecule has 19 heavy (non-hydrogen) atoms. The van der Waals surface area contributed by atoms with Crippen molar-refractivity contribution in [3.63, 3.8) is 0 Å². The van der Waals surface area contributed by atoms with E-state index in [-0.39, 0.29) is 0 Å². The fraction of sp³-hybridized carbons (Fsp3) is 0.500. The quantitative estimate of drug-likeness (QED) is 0.753. The second-order valence-corrected chi connectivity index (χ2v) is 4.39. The van der Waals surface area contributed by atoms with Crippen molar-refractivity contribution in [1.82, 2.24) is 5.32 Å². The lowest BCUT2D eigenvalue weighted by molar-refractivity contribution is -0.144. The summed E-state index contributed by atoms with van der Waals surface area (Å²) in [4.78, 5) is 11.1. The Kier molecular flexibility index (Phi) is 5.63. The summed E-state index contributed by atoms with van der Waals surface area (Å²) >= 11 is 0. The van der Waals surface area contributed by atoms with E-state index in [0.717, 1.165) is 5.75 Å². The number of carboxylic acids is 1. The Morgan fingerprint density at radius 2 is 2.00 bits per heavy atom. The molecule has 1 unspecified atom stereocenters. The van der Waals surface area contributed by atoms with Crippen LogP contribution in [0.5, 0.6) is 11.5 Å². The van der Waals surface area contributed by atoms with Crippen molar-refractivity contribution in [3.05, 3.63) is 24.3 Å². The molecule has 0 bridgehead atoms. The van der Waals surface area contributed by atoms with Crippen molar-refractivity contribution < 1.29 is 19.4 Å². The molecule has 0 fully saturated rings. The van der Waals surface area contributed by atoms with E-state index >= 15 is 0 Å².